The van der Waals surface area contributed by atoms with E-state index >= 15 is 0 Å². The highest BCUT2D eigenvalue weighted by molar-refractivity contribution is 9.10. The van der Waals surface area contributed by atoms with Gasteiger partial charge in [0.1, 0.15) is 5.82 Å². The molecule has 2 N–H and O–H groups in total. The number of pyridine rings is 1. The number of aryl methyl sites for hydroxylation is 1. The summed E-state index contributed by atoms with van der Waals surface area (Å²) in [5.74, 6) is 1.70. The third-order valence-electron chi connectivity index (χ3n) is 4.21. The van der Waals surface area contributed by atoms with Crippen LogP contribution in [0.2, 0.25) is 0 Å². The van der Waals surface area contributed by atoms with Crippen LogP contribution in [0.1, 0.15) is 38.3 Å². The standard InChI is InChI=1S/C15H24BrN3/c1-3-19(14-7-5-4-6-12(14)10-17)15-9-8-13(16)11(2)18-15/h8-9,12,14H,3-7,10,17H2,1-2H3. The molecule has 1 heterocycles. The zero-order valence-electron chi connectivity index (χ0n) is 11.9. The molecule has 2 atom stereocenters. The van der Waals surface area contributed by atoms with Crippen LogP contribution in [0.5, 0.6) is 0 Å². The number of nitrogens with two attached hydrogens (primary N) is 1. The van der Waals surface area contributed by atoms with Crippen LogP contribution in [0.25, 0.3) is 0 Å². The second kappa shape index (κ2) is 6.71. The van der Waals surface area contributed by atoms with Gasteiger partial charge in [-0.3, -0.25) is 0 Å². The Morgan fingerprint density at radius 1 is 1.37 bits per heavy atom. The summed E-state index contributed by atoms with van der Waals surface area (Å²) in [6.07, 6.45) is 5.13. The van der Waals surface area contributed by atoms with E-state index in [0.717, 1.165) is 29.1 Å². The van der Waals surface area contributed by atoms with Gasteiger partial charge in [0.15, 0.2) is 0 Å². The van der Waals surface area contributed by atoms with Gasteiger partial charge in [-0.2, -0.15) is 0 Å². The molecule has 2 rings (SSSR count). The molecule has 19 heavy (non-hydrogen) atoms. The van der Waals surface area contributed by atoms with Crippen LogP contribution in [-0.4, -0.2) is 24.1 Å². The van der Waals surface area contributed by atoms with E-state index in [1.54, 1.807) is 0 Å². The minimum atomic E-state index is 0.553. The molecule has 1 aliphatic carbocycles. The van der Waals surface area contributed by atoms with Crippen molar-refractivity contribution in [1.82, 2.24) is 4.98 Å². The molecule has 0 spiro atoms. The fourth-order valence-electron chi connectivity index (χ4n) is 3.13. The van der Waals surface area contributed by atoms with Crippen LogP contribution in [-0.2, 0) is 0 Å². The lowest BCUT2D eigenvalue weighted by molar-refractivity contribution is 0.299. The largest absolute Gasteiger partial charge is 0.354 e. The minimum Gasteiger partial charge on any atom is -0.354 e. The molecule has 1 aromatic rings. The molecule has 0 aliphatic heterocycles. The number of anilines is 1. The van der Waals surface area contributed by atoms with Crippen molar-refractivity contribution in [3.05, 3.63) is 22.3 Å². The Balaban J connectivity index is 2.24. The van der Waals surface area contributed by atoms with E-state index in [9.17, 15) is 0 Å². The lowest BCUT2D eigenvalue weighted by Crippen LogP contribution is -2.45. The van der Waals surface area contributed by atoms with Crippen LogP contribution in [0.4, 0.5) is 5.82 Å². The number of hydrogen-bond acceptors (Lipinski definition) is 3. The molecule has 0 amide bonds. The Kier molecular flexibility index (Phi) is 5.22. The Labute approximate surface area is 124 Å². The van der Waals surface area contributed by atoms with Gasteiger partial charge in [-0.15, -0.1) is 0 Å². The summed E-state index contributed by atoms with van der Waals surface area (Å²) in [7, 11) is 0. The molecule has 1 saturated carbocycles. The van der Waals surface area contributed by atoms with E-state index in [-0.39, 0.29) is 0 Å². The van der Waals surface area contributed by atoms with Gasteiger partial charge in [0.05, 0.1) is 5.69 Å². The van der Waals surface area contributed by atoms with Gasteiger partial charge in [-0.1, -0.05) is 12.8 Å². The first-order valence-corrected chi connectivity index (χ1v) is 8.06. The van der Waals surface area contributed by atoms with Gasteiger partial charge in [-0.05, 0) is 67.2 Å². The first-order chi connectivity index (χ1) is 9.17. The third kappa shape index (κ3) is 3.29. The molecule has 0 radical (unpaired) electrons. The summed E-state index contributed by atoms with van der Waals surface area (Å²) in [6, 6.07) is 4.76. The van der Waals surface area contributed by atoms with Crippen molar-refractivity contribution >= 4 is 21.7 Å². The van der Waals surface area contributed by atoms with Gasteiger partial charge in [-0.25, -0.2) is 4.98 Å². The summed E-state index contributed by atoms with van der Waals surface area (Å²) in [5, 5.41) is 0. The monoisotopic (exact) mass is 325 g/mol. The maximum atomic E-state index is 5.96. The van der Waals surface area contributed by atoms with Crippen LogP contribution >= 0.6 is 15.9 Å². The van der Waals surface area contributed by atoms with Gasteiger partial charge >= 0.3 is 0 Å². The Morgan fingerprint density at radius 3 is 2.74 bits per heavy atom. The Morgan fingerprint density at radius 2 is 2.11 bits per heavy atom. The molecule has 0 saturated heterocycles. The highest BCUT2D eigenvalue weighted by atomic mass is 79.9. The Bertz CT molecular complexity index is 422. The first-order valence-electron chi connectivity index (χ1n) is 7.27. The predicted octanol–water partition coefficient (Wildman–Crippen LogP) is 3.50. The second-order valence-electron chi connectivity index (χ2n) is 5.37. The fraction of sp³-hybridized carbons (Fsp3) is 0.667. The maximum absolute atomic E-state index is 5.96. The quantitative estimate of drug-likeness (QED) is 0.921. The van der Waals surface area contributed by atoms with Crippen molar-refractivity contribution in [3.8, 4) is 0 Å². The topological polar surface area (TPSA) is 42.2 Å². The first kappa shape index (κ1) is 14.8. The molecule has 2 unspecified atom stereocenters. The van der Waals surface area contributed by atoms with E-state index in [1.807, 2.05) is 6.92 Å². The summed E-state index contributed by atoms with van der Waals surface area (Å²) in [6.45, 7) is 6.04. The van der Waals surface area contributed by atoms with E-state index in [4.69, 9.17) is 10.7 Å². The molecule has 0 bridgehead atoms. The van der Waals surface area contributed by atoms with Crippen molar-refractivity contribution in [1.29, 1.82) is 0 Å². The van der Waals surface area contributed by atoms with Gasteiger partial charge in [0.2, 0.25) is 0 Å². The van der Waals surface area contributed by atoms with Crippen molar-refractivity contribution < 1.29 is 0 Å². The highest BCUT2D eigenvalue weighted by Crippen LogP contribution is 2.31. The van der Waals surface area contributed by atoms with Gasteiger partial charge in [0.25, 0.3) is 0 Å². The molecule has 1 fully saturated rings. The SMILES string of the molecule is CCN(c1ccc(Br)c(C)n1)C1CCCCC1CN. The summed E-state index contributed by atoms with van der Waals surface area (Å²) < 4.78 is 1.08. The van der Waals surface area contributed by atoms with E-state index in [0.29, 0.717) is 12.0 Å². The molecular weight excluding hydrogens is 302 g/mol. The zero-order valence-corrected chi connectivity index (χ0v) is 13.5. The lowest BCUT2D eigenvalue weighted by atomic mass is 9.83. The average molecular weight is 326 g/mol. The zero-order chi connectivity index (χ0) is 13.8. The second-order valence-corrected chi connectivity index (χ2v) is 6.22. The van der Waals surface area contributed by atoms with Gasteiger partial charge < -0.3 is 10.6 Å². The highest BCUT2D eigenvalue weighted by Gasteiger charge is 2.29. The molecule has 4 heteroatoms. The number of aromatic nitrogens is 1. The van der Waals surface area contributed by atoms with E-state index in [2.05, 4.69) is 39.9 Å². The van der Waals surface area contributed by atoms with E-state index in [1.165, 1.54) is 25.7 Å². The molecule has 106 valence electrons. The summed E-state index contributed by atoms with van der Waals surface area (Å²) in [4.78, 5) is 7.17. The van der Waals surface area contributed by atoms with Crippen molar-refractivity contribution in [3.63, 3.8) is 0 Å². The van der Waals surface area contributed by atoms with Crippen molar-refractivity contribution in [2.45, 2.75) is 45.6 Å². The van der Waals surface area contributed by atoms with Crippen LogP contribution in [0.15, 0.2) is 16.6 Å². The summed E-state index contributed by atoms with van der Waals surface area (Å²) in [5.41, 5.74) is 7.02. The molecule has 1 aliphatic rings. The Hall–Kier alpha value is -0.610. The lowest BCUT2D eigenvalue weighted by Gasteiger charge is -2.40. The smallest absolute Gasteiger partial charge is 0.129 e. The minimum absolute atomic E-state index is 0.553. The van der Waals surface area contributed by atoms with Crippen LogP contribution in [0.3, 0.4) is 0 Å². The molecule has 3 nitrogen and oxygen atoms in total. The fourth-order valence-corrected chi connectivity index (χ4v) is 3.35. The number of hydrogen-bond donors (Lipinski definition) is 1. The molecular formula is C15H24BrN3. The van der Waals surface area contributed by atoms with E-state index < -0.39 is 0 Å². The van der Waals surface area contributed by atoms with Crippen LogP contribution < -0.4 is 10.6 Å². The molecule has 1 aromatic heterocycles. The maximum Gasteiger partial charge on any atom is 0.129 e. The molecule has 0 aromatic carbocycles. The number of halogens is 1. The third-order valence-corrected chi connectivity index (χ3v) is 5.05. The average Bonchev–Trinajstić information content (AvgIpc) is 2.44. The number of nitrogens with zero attached hydrogens (tertiary/aromatic N) is 2. The van der Waals surface area contributed by atoms with Crippen molar-refractivity contribution in [2.24, 2.45) is 11.7 Å². The normalized spacial score (nSPS) is 23.4. The van der Waals surface area contributed by atoms with Crippen LogP contribution in [0, 0.1) is 12.8 Å². The summed E-state index contributed by atoms with van der Waals surface area (Å²) >= 11 is 3.52. The van der Waals surface area contributed by atoms with Crippen molar-refractivity contribution in [2.75, 3.05) is 18.0 Å². The predicted molar refractivity (Wildman–Crippen MR) is 84.5 cm³/mol. The van der Waals surface area contributed by atoms with Gasteiger partial charge in [0, 0.05) is 17.1 Å². The number of rotatable bonds is 4.